The normalized spacial score (nSPS) is 25.8. The van der Waals surface area contributed by atoms with Crippen LogP contribution < -0.4 is 0 Å². The molecule has 1 saturated carbocycles. The Bertz CT molecular complexity index is 1170. The van der Waals surface area contributed by atoms with Crippen molar-refractivity contribution < 1.29 is 4.79 Å². The van der Waals surface area contributed by atoms with Gasteiger partial charge in [0.1, 0.15) is 0 Å². The molecule has 202 valence electrons. The van der Waals surface area contributed by atoms with Gasteiger partial charge in [0.05, 0.1) is 5.92 Å². The summed E-state index contributed by atoms with van der Waals surface area (Å²) in [6.07, 6.45) is 24.6. The van der Waals surface area contributed by atoms with Gasteiger partial charge in [-0.3, -0.25) is 4.79 Å². The predicted octanol–water partition coefficient (Wildman–Crippen LogP) is 10.0. The largest absolute Gasteiger partial charge is 0.294 e. The van der Waals surface area contributed by atoms with Crippen LogP contribution >= 0.6 is 0 Å². The smallest absolute Gasteiger partial charge is 0.163 e. The lowest BCUT2D eigenvalue weighted by atomic mass is 9.79. The maximum atomic E-state index is 12.7. The topological polar surface area (TPSA) is 17.1 Å². The standard InChI is InChI=1S/C35H42O.C2H6/c1-24-13-16-32(17-14-24)31-12-8-11-29(19-20-31)27(4)25(2)15-18-30-21-22-35(36)34(28(30)5)23-33-10-7-6-9-26(33)3;1-2/h6-10,12,15,18-22,24,27,32,34H,5,11,13-14,16-17,23H2,1-4H3;1-2H3/b25-15+,30-18-;. The Morgan fingerprint density at radius 2 is 1.76 bits per heavy atom. The molecule has 0 aromatic heterocycles. The third-order valence-corrected chi connectivity index (χ3v) is 8.65. The fourth-order valence-corrected chi connectivity index (χ4v) is 5.72. The number of ketones is 1. The minimum Gasteiger partial charge on any atom is -0.294 e. The van der Waals surface area contributed by atoms with Crippen LogP contribution in [0.15, 0.2) is 107 Å². The molecule has 0 radical (unpaired) electrons. The summed E-state index contributed by atoms with van der Waals surface area (Å²) < 4.78 is 0. The molecule has 1 fully saturated rings. The molecule has 1 heteroatoms. The highest BCUT2D eigenvalue weighted by molar-refractivity contribution is 5.97. The van der Waals surface area contributed by atoms with Gasteiger partial charge < -0.3 is 0 Å². The van der Waals surface area contributed by atoms with E-state index in [0.29, 0.717) is 12.3 Å². The summed E-state index contributed by atoms with van der Waals surface area (Å²) in [5.41, 5.74) is 8.74. The van der Waals surface area contributed by atoms with Crippen LogP contribution in [0.2, 0.25) is 0 Å². The Morgan fingerprint density at radius 1 is 1.05 bits per heavy atom. The van der Waals surface area contributed by atoms with Gasteiger partial charge in [0.25, 0.3) is 0 Å². The number of rotatable bonds is 6. The molecule has 2 unspecified atom stereocenters. The van der Waals surface area contributed by atoms with Crippen molar-refractivity contribution in [2.45, 2.75) is 80.1 Å². The second-order valence-electron chi connectivity index (χ2n) is 11.2. The van der Waals surface area contributed by atoms with E-state index in [4.69, 9.17) is 0 Å². The molecule has 1 nitrogen and oxygen atoms in total. The van der Waals surface area contributed by atoms with E-state index >= 15 is 0 Å². The van der Waals surface area contributed by atoms with Crippen molar-refractivity contribution in [3.8, 4) is 0 Å². The lowest BCUT2D eigenvalue weighted by molar-refractivity contribution is -0.117. The highest BCUT2D eigenvalue weighted by Gasteiger charge is 2.26. The quantitative estimate of drug-likeness (QED) is 0.373. The number of benzene rings is 1. The molecule has 1 aromatic carbocycles. The number of carbonyl (C=O) groups excluding carboxylic acids is 1. The second-order valence-corrected chi connectivity index (χ2v) is 11.2. The Kier molecular flexibility index (Phi) is 11.1. The first-order valence-electron chi connectivity index (χ1n) is 14.7. The number of aryl methyl sites for hydroxylation is 1. The van der Waals surface area contributed by atoms with Gasteiger partial charge in [-0.05, 0) is 91.2 Å². The Morgan fingerprint density at radius 3 is 2.47 bits per heavy atom. The summed E-state index contributed by atoms with van der Waals surface area (Å²) in [6, 6.07) is 8.32. The molecule has 2 atom stereocenters. The van der Waals surface area contributed by atoms with Crippen molar-refractivity contribution in [1.82, 2.24) is 0 Å². The van der Waals surface area contributed by atoms with Crippen LogP contribution in [0.3, 0.4) is 0 Å². The molecule has 0 saturated heterocycles. The molecular weight excluding hydrogens is 460 g/mol. The molecule has 0 bridgehead atoms. The molecule has 38 heavy (non-hydrogen) atoms. The fourth-order valence-electron chi connectivity index (χ4n) is 5.72. The van der Waals surface area contributed by atoms with Crippen molar-refractivity contribution in [2.75, 3.05) is 0 Å². The number of hydrogen-bond acceptors (Lipinski definition) is 1. The minimum absolute atomic E-state index is 0.153. The van der Waals surface area contributed by atoms with Crippen molar-refractivity contribution in [1.29, 1.82) is 0 Å². The summed E-state index contributed by atoms with van der Waals surface area (Å²) in [4.78, 5) is 12.7. The van der Waals surface area contributed by atoms with Gasteiger partial charge >= 0.3 is 0 Å². The van der Waals surface area contributed by atoms with Crippen LogP contribution in [-0.2, 0) is 11.2 Å². The van der Waals surface area contributed by atoms with Crippen LogP contribution in [0.25, 0.3) is 0 Å². The number of allylic oxidation sites excluding steroid dienone is 13. The molecule has 1 aromatic rings. The highest BCUT2D eigenvalue weighted by Crippen LogP contribution is 2.35. The van der Waals surface area contributed by atoms with Crippen molar-refractivity contribution in [3.63, 3.8) is 0 Å². The van der Waals surface area contributed by atoms with Crippen LogP contribution in [0.5, 0.6) is 0 Å². The van der Waals surface area contributed by atoms with Crippen LogP contribution in [0.1, 0.15) is 77.8 Å². The van der Waals surface area contributed by atoms with E-state index in [2.05, 4.69) is 82.9 Å². The predicted molar refractivity (Wildman–Crippen MR) is 165 cm³/mol. The lowest BCUT2D eigenvalue weighted by Gasteiger charge is -2.26. The zero-order valence-electron chi connectivity index (χ0n) is 24.6. The molecule has 0 spiro atoms. The zero-order chi connectivity index (χ0) is 27.7. The molecular formula is C37H48O. The monoisotopic (exact) mass is 508 g/mol. The fraction of sp³-hybridized carbons (Fsp3) is 0.432. The maximum Gasteiger partial charge on any atom is 0.163 e. The summed E-state index contributed by atoms with van der Waals surface area (Å²) in [7, 11) is 0. The van der Waals surface area contributed by atoms with Crippen molar-refractivity contribution in [2.24, 2.45) is 23.7 Å². The highest BCUT2D eigenvalue weighted by atomic mass is 16.1. The van der Waals surface area contributed by atoms with Crippen molar-refractivity contribution >= 4 is 5.78 Å². The van der Waals surface area contributed by atoms with Crippen molar-refractivity contribution in [3.05, 3.63) is 118 Å². The van der Waals surface area contributed by atoms with E-state index < -0.39 is 0 Å². The third-order valence-electron chi connectivity index (χ3n) is 8.65. The second kappa shape index (κ2) is 14.3. The van der Waals surface area contributed by atoms with E-state index in [9.17, 15) is 4.79 Å². The van der Waals surface area contributed by atoms with Crippen LogP contribution in [0.4, 0.5) is 0 Å². The lowest BCUT2D eigenvalue weighted by Crippen LogP contribution is -2.21. The number of hydrogen-bond donors (Lipinski definition) is 0. The van der Waals surface area contributed by atoms with Crippen LogP contribution in [-0.4, -0.2) is 5.78 Å². The first kappa shape index (κ1) is 29.6. The molecule has 0 aliphatic heterocycles. The molecule has 3 aliphatic carbocycles. The van der Waals surface area contributed by atoms with Crippen LogP contribution in [0, 0.1) is 30.6 Å². The van der Waals surface area contributed by atoms with Gasteiger partial charge in [0.2, 0.25) is 0 Å². The molecule has 3 aliphatic rings. The van der Waals surface area contributed by atoms with E-state index in [1.807, 2.05) is 32.1 Å². The van der Waals surface area contributed by atoms with Gasteiger partial charge in [-0.1, -0.05) is 125 Å². The van der Waals surface area contributed by atoms with Gasteiger partial charge in [0.15, 0.2) is 5.78 Å². The SMILES string of the molecule is C=C1/C(=C\C=C(/C)C(C)C2=CC=C(C3CCC(C)CC3)C=CC2)C=CC(=O)C1Cc1ccccc1C.CC. The first-order chi connectivity index (χ1) is 18.3. The number of carbonyl (C=O) groups is 1. The minimum atomic E-state index is -0.186. The van der Waals surface area contributed by atoms with Gasteiger partial charge in [-0.15, -0.1) is 0 Å². The molecule has 0 amide bonds. The Balaban J connectivity index is 0.00000195. The summed E-state index contributed by atoms with van der Waals surface area (Å²) in [6.45, 7) is 17.4. The molecule has 0 heterocycles. The zero-order valence-corrected chi connectivity index (χ0v) is 24.6. The summed E-state index contributed by atoms with van der Waals surface area (Å²) >= 11 is 0. The third kappa shape index (κ3) is 7.56. The Labute approximate surface area is 232 Å². The first-order valence-corrected chi connectivity index (χ1v) is 14.7. The van der Waals surface area contributed by atoms with E-state index in [0.717, 1.165) is 29.4 Å². The molecule has 4 rings (SSSR count). The van der Waals surface area contributed by atoms with Gasteiger partial charge in [0, 0.05) is 0 Å². The summed E-state index contributed by atoms with van der Waals surface area (Å²) in [5.74, 6) is 1.95. The van der Waals surface area contributed by atoms with E-state index in [1.54, 1.807) is 6.08 Å². The van der Waals surface area contributed by atoms with E-state index in [1.165, 1.54) is 53.5 Å². The van der Waals surface area contributed by atoms with Gasteiger partial charge in [-0.25, -0.2) is 0 Å². The van der Waals surface area contributed by atoms with Gasteiger partial charge in [-0.2, -0.15) is 0 Å². The maximum absolute atomic E-state index is 12.7. The average molecular weight is 509 g/mol. The Hall–Kier alpha value is -2.93. The average Bonchev–Trinajstić information content (AvgIpc) is 3.19. The summed E-state index contributed by atoms with van der Waals surface area (Å²) in [5, 5.41) is 0. The van der Waals surface area contributed by atoms with E-state index in [-0.39, 0.29) is 11.7 Å². The molecule has 0 N–H and O–H groups in total.